The predicted molar refractivity (Wildman–Crippen MR) is 416 cm³/mol. The molecule has 0 unspecified atom stereocenters. The Kier molecular flexibility index (Phi) is 51.6. The molecule has 0 fully saturated rings. The second-order valence-corrected chi connectivity index (χ2v) is 30.8. The van der Waals surface area contributed by atoms with E-state index in [1.54, 1.807) is 0 Å². The molecule has 0 aromatic heterocycles. The Morgan fingerprint density at radius 3 is 0.469 bits per heavy atom. The van der Waals surface area contributed by atoms with E-state index in [1.807, 2.05) is 0 Å². The smallest absolute Gasteiger partial charge is 0.325 e. The number of unbranched alkanes of at least 4 members (excludes halogenated alkanes) is 50. The molecule has 0 saturated carbocycles. The molecule has 0 saturated heterocycles. The first-order chi connectivity index (χ1) is 47.2. The molecule has 0 aliphatic heterocycles. The fourth-order valence-corrected chi connectivity index (χ4v) is 14.5. The van der Waals surface area contributed by atoms with Crippen molar-refractivity contribution in [3.8, 4) is 34.5 Å². The van der Waals surface area contributed by atoms with Gasteiger partial charge in [0.25, 0.3) is 0 Å². The summed E-state index contributed by atoms with van der Waals surface area (Å²) in [5.41, 5.74) is 0. The molecule has 0 radical (unpaired) electrons. The highest BCUT2D eigenvalue weighted by molar-refractivity contribution is 7.51. The number of fused-ring (bicyclic) bond motifs is 6. The summed E-state index contributed by atoms with van der Waals surface area (Å²) >= 11 is 0. The SMILES string of the molecule is CCCCCCCCCCOc1cc2c3cc(OCCCCCCCCCC)c(OCCCCCCCCCC)cc3c3cc(OCCCCCCCCCCCCCCCCCCP(=O)(O)O)c(OCCCCCCCCCC)cc3c2cc1OCCCCCCCCCC. The van der Waals surface area contributed by atoms with Gasteiger partial charge in [0.15, 0.2) is 34.5 Å². The summed E-state index contributed by atoms with van der Waals surface area (Å²) in [6, 6.07) is 13.8. The third-order valence-corrected chi connectivity index (χ3v) is 20.9. The van der Waals surface area contributed by atoms with Gasteiger partial charge in [-0.25, -0.2) is 0 Å². The van der Waals surface area contributed by atoms with E-state index in [-0.39, 0.29) is 6.16 Å². The molecule has 0 amide bonds. The van der Waals surface area contributed by atoms with Crippen molar-refractivity contribution in [1.29, 1.82) is 0 Å². The van der Waals surface area contributed by atoms with Crippen molar-refractivity contribution >= 4 is 39.9 Å². The van der Waals surface area contributed by atoms with E-state index in [4.69, 9.17) is 38.2 Å². The van der Waals surface area contributed by atoms with Gasteiger partial charge in [-0.1, -0.05) is 349 Å². The summed E-state index contributed by atoms with van der Waals surface area (Å²) in [7, 11) is -3.84. The van der Waals surface area contributed by atoms with Gasteiger partial charge in [-0.15, -0.1) is 0 Å². The zero-order chi connectivity index (χ0) is 68.5. The Labute approximate surface area is 590 Å². The highest BCUT2D eigenvalue weighted by atomic mass is 31.2. The third-order valence-electron chi connectivity index (χ3n) is 20.0. The summed E-state index contributed by atoms with van der Waals surface area (Å²) in [5, 5.41) is 6.81. The van der Waals surface area contributed by atoms with Gasteiger partial charge in [0.1, 0.15) is 0 Å². The Bertz CT molecular complexity index is 2460. The molecule has 4 aromatic carbocycles. The van der Waals surface area contributed by atoms with Crippen LogP contribution in [0.5, 0.6) is 34.5 Å². The lowest BCUT2D eigenvalue weighted by molar-refractivity contribution is 0.258. The first-order valence-corrected chi connectivity index (χ1v) is 43.4. The standard InChI is InChI=1S/C86H149O9P/c1-6-11-16-21-26-41-48-55-62-90-81-69-75-76-70-82(91-63-56-49-42-27-22-17-12-7-2)84(93-65-58-51-44-29-24-19-14-9-4)72-78(76)80-74-86(95-67-60-53-46-39-37-35-33-31-32-34-36-38-40-47-54-61-68-96(87,88)89)85(94-66-59-52-45-30-25-20-15-10-5)73-79(80)77(75)71-83(81)92-64-57-50-43-28-23-18-13-8-3/h69-74H,6-68H2,1-5H3,(H2,87,88,89). The van der Waals surface area contributed by atoms with Gasteiger partial charge in [0.05, 0.1) is 39.6 Å². The molecule has 2 N–H and O–H groups in total. The van der Waals surface area contributed by atoms with Crippen molar-refractivity contribution < 1.29 is 42.8 Å². The van der Waals surface area contributed by atoms with Gasteiger partial charge in [0, 0.05) is 6.16 Å². The van der Waals surface area contributed by atoms with Crippen LogP contribution in [-0.2, 0) is 4.57 Å². The summed E-state index contributed by atoms with van der Waals surface area (Å²) < 4.78 is 52.8. The number of hydrogen-bond donors (Lipinski definition) is 2. The van der Waals surface area contributed by atoms with Gasteiger partial charge in [0.2, 0.25) is 0 Å². The molecule has 0 atom stereocenters. The maximum Gasteiger partial charge on any atom is 0.325 e. The fraction of sp³-hybridized carbons (Fsp3) is 0.791. The van der Waals surface area contributed by atoms with Crippen LogP contribution in [0.3, 0.4) is 0 Å². The topological polar surface area (TPSA) is 113 Å². The van der Waals surface area contributed by atoms with E-state index in [9.17, 15) is 4.57 Å². The lowest BCUT2D eigenvalue weighted by atomic mass is 9.93. The first kappa shape index (κ1) is 85.0. The number of hydrogen-bond acceptors (Lipinski definition) is 7. The molecule has 0 heterocycles. The van der Waals surface area contributed by atoms with Crippen molar-refractivity contribution in [2.24, 2.45) is 0 Å². The second kappa shape index (κ2) is 58.3. The van der Waals surface area contributed by atoms with E-state index >= 15 is 0 Å². The zero-order valence-electron chi connectivity index (χ0n) is 63.2. The Morgan fingerprint density at radius 2 is 0.333 bits per heavy atom. The Hall–Kier alpha value is -3.39. The van der Waals surface area contributed by atoms with Gasteiger partial charge in [-0.2, -0.15) is 0 Å². The number of benzene rings is 4. The minimum absolute atomic E-state index is 0.0309. The molecule has 0 aliphatic carbocycles. The predicted octanol–water partition coefficient (Wildman–Crippen LogP) is 28.5. The van der Waals surface area contributed by atoms with Crippen LogP contribution in [0.15, 0.2) is 36.4 Å². The van der Waals surface area contributed by atoms with Crippen molar-refractivity contribution in [2.45, 2.75) is 394 Å². The molecule has 0 bridgehead atoms. The Morgan fingerprint density at radius 1 is 0.208 bits per heavy atom. The largest absolute Gasteiger partial charge is 0.490 e. The molecule has 4 aromatic rings. The van der Waals surface area contributed by atoms with Crippen LogP contribution in [0.4, 0.5) is 0 Å². The van der Waals surface area contributed by atoms with Crippen LogP contribution < -0.4 is 28.4 Å². The molecular weight excluding hydrogens is 1210 g/mol. The average molecular weight is 1360 g/mol. The monoisotopic (exact) mass is 1360 g/mol. The van der Waals surface area contributed by atoms with Gasteiger partial charge < -0.3 is 38.2 Å². The van der Waals surface area contributed by atoms with E-state index < -0.39 is 7.60 Å². The maximum absolute atomic E-state index is 11.1. The molecular formula is C86H149O9P. The minimum Gasteiger partial charge on any atom is -0.490 e. The van der Waals surface area contributed by atoms with Crippen molar-refractivity contribution in [3.05, 3.63) is 36.4 Å². The van der Waals surface area contributed by atoms with Crippen molar-refractivity contribution in [2.75, 3.05) is 45.8 Å². The fourth-order valence-electron chi connectivity index (χ4n) is 13.9. The maximum atomic E-state index is 11.1. The second-order valence-electron chi connectivity index (χ2n) is 29.0. The molecule has 9 nitrogen and oxygen atoms in total. The molecule has 0 spiro atoms. The lowest BCUT2D eigenvalue weighted by Crippen LogP contribution is -2.05. The van der Waals surface area contributed by atoms with Gasteiger partial charge in [-0.05, 0) is 114 Å². The van der Waals surface area contributed by atoms with E-state index in [1.165, 1.54) is 295 Å². The van der Waals surface area contributed by atoms with Gasteiger partial charge >= 0.3 is 7.60 Å². The summed E-state index contributed by atoms with van der Waals surface area (Å²) in [5.74, 6) is 4.99. The van der Waals surface area contributed by atoms with Crippen LogP contribution in [0, 0.1) is 0 Å². The lowest BCUT2D eigenvalue weighted by Gasteiger charge is -2.21. The number of rotatable bonds is 70. The van der Waals surface area contributed by atoms with Crippen molar-refractivity contribution in [3.63, 3.8) is 0 Å². The average Bonchev–Trinajstić information content (AvgIpc) is 0.729. The highest BCUT2D eigenvalue weighted by Crippen LogP contribution is 2.48. The van der Waals surface area contributed by atoms with Crippen molar-refractivity contribution in [1.82, 2.24) is 0 Å². The van der Waals surface area contributed by atoms with Crippen LogP contribution >= 0.6 is 7.60 Å². The number of ether oxygens (including phenoxy) is 6. The molecule has 4 rings (SSSR count). The Balaban J connectivity index is 1.68. The molecule has 10 heteroatoms. The zero-order valence-corrected chi connectivity index (χ0v) is 64.1. The van der Waals surface area contributed by atoms with E-state index in [2.05, 4.69) is 71.0 Å². The third kappa shape index (κ3) is 40.2. The van der Waals surface area contributed by atoms with E-state index in [0.29, 0.717) is 46.1 Å². The highest BCUT2D eigenvalue weighted by Gasteiger charge is 2.21. The molecule has 552 valence electrons. The molecule has 0 aliphatic rings. The first-order valence-electron chi connectivity index (χ1n) is 41.6. The molecule has 96 heavy (non-hydrogen) atoms. The quantitative estimate of drug-likeness (QED) is 0.0253. The normalized spacial score (nSPS) is 11.9. The van der Waals surface area contributed by atoms with Crippen LogP contribution in [0.2, 0.25) is 0 Å². The van der Waals surface area contributed by atoms with Crippen LogP contribution in [0.25, 0.3) is 32.3 Å². The summed E-state index contributed by atoms with van der Waals surface area (Å²) in [6.45, 7) is 15.5. The van der Waals surface area contributed by atoms with Crippen LogP contribution in [-0.4, -0.2) is 55.6 Å². The van der Waals surface area contributed by atoms with E-state index in [0.717, 1.165) is 125 Å². The summed E-state index contributed by atoms with van der Waals surface area (Å²) in [6.07, 6.45) is 69.1. The minimum atomic E-state index is -3.84. The van der Waals surface area contributed by atoms with Gasteiger partial charge in [-0.3, -0.25) is 4.57 Å². The van der Waals surface area contributed by atoms with Crippen LogP contribution in [0.1, 0.15) is 394 Å². The summed E-state index contributed by atoms with van der Waals surface area (Å²) in [4.78, 5) is 18.2.